The van der Waals surface area contributed by atoms with Gasteiger partial charge in [0.25, 0.3) is 0 Å². The van der Waals surface area contributed by atoms with E-state index in [1.165, 1.54) is 45.5 Å². The zero-order chi connectivity index (χ0) is 29.1. The van der Waals surface area contributed by atoms with Gasteiger partial charge in [-0.2, -0.15) is 0 Å². The Morgan fingerprint density at radius 1 is 0.683 bits per heavy atom. The lowest BCUT2D eigenvalue weighted by atomic mass is 9.99. The van der Waals surface area contributed by atoms with Gasteiger partial charge in [0.15, 0.2) is 0 Å². The zero-order valence-electron chi connectivity index (χ0n) is 24.9. The topological polar surface area (TPSA) is 3.24 Å². The molecule has 41 heavy (non-hydrogen) atoms. The number of unbranched alkanes of at least 4 members (excludes halogenated alkanes) is 1. The SMILES string of the molecule is CCCCN(P(c1ccccc1F)c1ccccc1F)P1C(c2cc(C)cc(C)c2)CCC1c1cc(C)cc(C)c1. The van der Waals surface area contributed by atoms with E-state index in [1.807, 2.05) is 24.3 Å². The summed E-state index contributed by atoms with van der Waals surface area (Å²) in [6, 6.07) is 28.0. The van der Waals surface area contributed by atoms with Crippen molar-refractivity contribution in [2.24, 2.45) is 0 Å². The standard InChI is InChI=1S/C36H41F2NP2/c1-6-7-18-39(41(35-14-10-8-12-31(35)37)36-15-11-9-13-32(36)38)40-33(29-21-25(2)19-26(3)22-29)16-17-34(40)30-23-27(4)20-28(5)24-30/h8-15,19-24,33-34H,6-7,16-18H2,1-5H3. The summed E-state index contributed by atoms with van der Waals surface area (Å²) in [5.74, 6) is -0.494. The Bertz CT molecular complexity index is 1360. The van der Waals surface area contributed by atoms with Gasteiger partial charge in [-0.05, 0) is 90.4 Å². The van der Waals surface area contributed by atoms with Crippen LogP contribution in [-0.2, 0) is 0 Å². The van der Waals surface area contributed by atoms with Crippen molar-refractivity contribution in [2.45, 2.75) is 71.6 Å². The molecule has 5 rings (SSSR count). The molecule has 2 unspecified atom stereocenters. The molecule has 0 saturated carbocycles. The normalized spacial score (nSPS) is 18.9. The van der Waals surface area contributed by atoms with Gasteiger partial charge in [0.1, 0.15) is 11.6 Å². The molecule has 0 N–H and O–H groups in total. The van der Waals surface area contributed by atoms with Crippen LogP contribution in [0.1, 0.15) is 77.3 Å². The van der Waals surface area contributed by atoms with Crippen LogP contribution in [0.3, 0.4) is 0 Å². The van der Waals surface area contributed by atoms with E-state index < -0.39 is 16.1 Å². The van der Waals surface area contributed by atoms with Crippen LogP contribution in [0.4, 0.5) is 8.78 Å². The average molecular weight is 588 g/mol. The van der Waals surface area contributed by atoms with E-state index >= 15 is 8.78 Å². The lowest BCUT2D eigenvalue weighted by molar-refractivity contribution is 0.617. The van der Waals surface area contributed by atoms with Crippen molar-refractivity contribution in [3.63, 3.8) is 0 Å². The van der Waals surface area contributed by atoms with Crippen molar-refractivity contribution >= 4 is 26.8 Å². The Morgan fingerprint density at radius 3 is 1.49 bits per heavy atom. The lowest BCUT2D eigenvalue weighted by Crippen LogP contribution is -2.30. The molecule has 0 amide bonds. The molecule has 1 aliphatic rings. The maximum atomic E-state index is 15.8. The molecule has 0 bridgehead atoms. The third-order valence-corrected chi connectivity index (χ3v) is 14.6. The summed E-state index contributed by atoms with van der Waals surface area (Å²) in [6.07, 6.45) is 4.17. The Hall–Kier alpha value is -2.44. The van der Waals surface area contributed by atoms with Crippen LogP contribution in [-0.4, -0.2) is 11.0 Å². The summed E-state index contributed by atoms with van der Waals surface area (Å²) in [6.45, 7) is 11.7. The zero-order valence-corrected chi connectivity index (χ0v) is 26.7. The van der Waals surface area contributed by atoms with Crippen LogP contribution in [0.15, 0.2) is 84.9 Å². The van der Waals surface area contributed by atoms with Crippen molar-refractivity contribution in [1.82, 2.24) is 4.44 Å². The molecule has 0 spiro atoms. The van der Waals surface area contributed by atoms with Gasteiger partial charge in [-0.15, -0.1) is 0 Å². The third-order valence-electron chi connectivity index (χ3n) is 7.98. The van der Waals surface area contributed by atoms with Crippen molar-refractivity contribution in [1.29, 1.82) is 0 Å². The van der Waals surface area contributed by atoms with Gasteiger partial charge in [0.2, 0.25) is 0 Å². The predicted octanol–water partition coefficient (Wildman–Crippen LogP) is 10.3. The molecule has 5 heteroatoms. The quantitative estimate of drug-likeness (QED) is 0.176. The summed E-state index contributed by atoms with van der Waals surface area (Å²) in [5, 5.41) is 1.24. The van der Waals surface area contributed by atoms with E-state index in [-0.39, 0.29) is 11.6 Å². The highest BCUT2D eigenvalue weighted by Crippen LogP contribution is 2.76. The summed E-state index contributed by atoms with van der Waals surface area (Å²) in [5.41, 5.74) is 8.50. The summed E-state index contributed by atoms with van der Waals surface area (Å²) in [4.78, 5) is 0. The first-order valence-corrected chi connectivity index (χ1v) is 17.5. The minimum absolute atomic E-state index is 0.247. The number of rotatable bonds is 9. The monoisotopic (exact) mass is 587 g/mol. The molecule has 2 atom stereocenters. The maximum absolute atomic E-state index is 15.8. The third kappa shape index (κ3) is 6.64. The number of halogens is 2. The smallest absolute Gasteiger partial charge is 0.132 e. The van der Waals surface area contributed by atoms with Crippen molar-refractivity contribution in [3.8, 4) is 0 Å². The summed E-state index contributed by atoms with van der Waals surface area (Å²) < 4.78 is 34.1. The van der Waals surface area contributed by atoms with Gasteiger partial charge in [0.05, 0.1) is 0 Å². The molecule has 214 valence electrons. The fourth-order valence-electron chi connectivity index (χ4n) is 6.41. The van der Waals surface area contributed by atoms with Crippen LogP contribution in [0.5, 0.6) is 0 Å². The largest absolute Gasteiger partial charge is 0.251 e. The van der Waals surface area contributed by atoms with Crippen molar-refractivity contribution in [3.05, 3.63) is 130 Å². The molecule has 0 aliphatic carbocycles. The average Bonchev–Trinajstić information content (AvgIpc) is 3.36. The van der Waals surface area contributed by atoms with Gasteiger partial charge < -0.3 is 0 Å². The van der Waals surface area contributed by atoms with E-state index in [0.29, 0.717) is 21.9 Å². The van der Waals surface area contributed by atoms with Gasteiger partial charge in [-0.3, -0.25) is 4.44 Å². The lowest BCUT2D eigenvalue weighted by Gasteiger charge is -2.42. The van der Waals surface area contributed by atoms with Crippen molar-refractivity contribution < 1.29 is 8.78 Å². The number of hydrogen-bond donors (Lipinski definition) is 0. The Morgan fingerprint density at radius 2 is 1.10 bits per heavy atom. The van der Waals surface area contributed by atoms with Crippen LogP contribution in [0.2, 0.25) is 0 Å². The van der Waals surface area contributed by atoms with Gasteiger partial charge in [0, 0.05) is 36.5 Å². The fourth-order valence-corrected chi connectivity index (χ4v) is 13.9. The first-order chi connectivity index (χ1) is 19.8. The predicted molar refractivity (Wildman–Crippen MR) is 174 cm³/mol. The number of nitrogens with zero attached hydrogens (tertiary/aromatic N) is 1. The fraction of sp³-hybridized carbons (Fsp3) is 0.333. The number of hydrogen-bond acceptors (Lipinski definition) is 1. The first kappa shape index (κ1) is 30.0. The molecule has 0 radical (unpaired) electrons. The number of benzene rings is 4. The minimum Gasteiger partial charge on any atom is -0.251 e. The minimum atomic E-state index is -1.43. The molecule has 1 saturated heterocycles. The van der Waals surface area contributed by atoms with Gasteiger partial charge in [-0.25, -0.2) is 8.78 Å². The second-order valence-corrected chi connectivity index (χ2v) is 16.4. The highest BCUT2D eigenvalue weighted by molar-refractivity contribution is 7.79. The highest BCUT2D eigenvalue weighted by atomic mass is 31.2. The van der Waals surface area contributed by atoms with Crippen LogP contribution >= 0.6 is 16.1 Å². The summed E-state index contributed by atoms with van der Waals surface area (Å²) in [7, 11) is -2.26. The van der Waals surface area contributed by atoms with E-state index in [1.54, 1.807) is 12.1 Å². The van der Waals surface area contributed by atoms with Crippen LogP contribution < -0.4 is 10.6 Å². The van der Waals surface area contributed by atoms with Crippen LogP contribution in [0.25, 0.3) is 0 Å². The molecule has 4 aromatic carbocycles. The summed E-state index contributed by atoms with van der Waals surface area (Å²) >= 11 is 0. The van der Waals surface area contributed by atoms with Crippen LogP contribution in [0, 0.1) is 39.3 Å². The Kier molecular flexibility index (Phi) is 9.70. The molecule has 1 aliphatic heterocycles. The van der Waals surface area contributed by atoms with Crippen molar-refractivity contribution in [2.75, 3.05) is 6.54 Å². The molecular weight excluding hydrogens is 546 g/mol. The van der Waals surface area contributed by atoms with Gasteiger partial charge in [-0.1, -0.05) is 96.3 Å². The molecular formula is C36H41F2NP2. The first-order valence-electron chi connectivity index (χ1n) is 14.8. The van der Waals surface area contributed by atoms with E-state index in [4.69, 9.17) is 0 Å². The molecule has 1 nitrogen and oxygen atoms in total. The second kappa shape index (κ2) is 13.2. The Labute approximate surface area is 247 Å². The maximum Gasteiger partial charge on any atom is 0.132 e. The molecule has 1 heterocycles. The molecule has 4 aromatic rings. The second-order valence-electron chi connectivity index (χ2n) is 11.5. The molecule has 0 aromatic heterocycles. The van der Waals surface area contributed by atoms with E-state index in [9.17, 15) is 0 Å². The Balaban J connectivity index is 1.75. The number of aryl methyl sites for hydroxylation is 4. The van der Waals surface area contributed by atoms with E-state index in [0.717, 1.165) is 32.2 Å². The van der Waals surface area contributed by atoms with E-state index in [2.05, 4.69) is 75.5 Å². The molecule has 1 fully saturated rings. The highest BCUT2D eigenvalue weighted by Gasteiger charge is 2.45. The van der Waals surface area contributed by atoms with Gasteiger partial charge >= 0.3 is 0 Å².